The van der Waals surface area contributed by atoms with E-state index in [2.05, 4.69) is 25.7 Å². The molecule has 1 fully saturated rings. The molecule has 4 heterocycles. The Morgan fingerprint density at radius 1 is 1.45 bits per heavy atom. The Balaban J connectivity index is 1.45. The summed E-state index contributed by atoms with van der Waals surface area (Å²) in [6.07, 6.45) is 0.871. The van der Waals surface area contributed by atoms with Crippen LogP contribution in [0.2, 0.25) is 4.34 Å². The maximum absolute atomic E-state index is 12.8. The number of nitrogen functional groups attached to an aromatic ring is 1. The number of carboxylic acid groups (broad SMARTS) is 1. The number of halogens is 1. The SMILES string of the molecule is Nc1nc(C(N=O)C(=O)NC2C(=O)N3C(C(=O)O)=C(SCSc4nncs4)CCC23)c(Cl)s1. The molecule has 0 bridgehead atoms. The van der Waals surface area contributed by atoms with E-state index in [0.717, 1.165) is 15.7 Å². The van der Waals surface area contributed by atoms with E-state index in [1.807, 2.05) is 0 Å². The molecule has 0 spiro atoms. The number of nitrogens with two attached hydrogens (primary N) is 1. The van der Waals surface area contributed by atoms with Gasteiger partial charge in [-0.05, 0) is 18.0 Å². The summed E-state index contributed by atoms with van der Waals surface area (Å²) in [6, 6.07) is -3.10. The number of nitrogens with one attached hydrogen (secondary N) is 1. The van der Waals surface area contributed by atoms with Gasteiger partial charge in [0.15, 0.2) is 9.47 Å². The number of hydrogen-bond acceptors (Lipinski definition) is 13. The molecule has 33 heavy (non-hydrogen) atoms. The fourth-order valence-corrected chi connectivity index (χ4v) is 7.48. The van der Waals surface area contributed by atoms with Gasteiger partial charge in [0.25, 0.3) is 11.8 Å². The predicted molar refractivity (Wildman–Crippen MR) is 125 cm³/mol. The first-order valence-corrected chi connectivity index (χ1v) is 13.2. The number of rotatable bonds is 9. The van der Waals surface area contributed by atoms with Crippen LogP contribution in [0.5, 0.6) is 0 Å². The number of anilines is 1. The minimum Gasteiger partial charge on any atom is -0.477 e. The maximum atomic E-state index is 12.8. The number of carbonyl (C=O) groups excluding carboxylic acids is 2. The van der Waals surface area contributed by atoms with E-state index in [0.29, 0.717) is 22.8 Å². The standard InChI is InChI=1S/C16H14ClN7O5S4/c17-11-8(21-15(18)33-11)9(23-29)12(25)20-7-5-1-2-6(10(14(27)28)24(5)13(7)26)31-4-32-16-22-19-3-30-16/h3,5,7,9H,1-2,4H2,(H2,18,21)(H,20,25)(H,27,28). The molecule has 3 atom stereocenters. The highest BCUT2D eigenvalue weighted by Crippen LogP contribution is 2.42. The summed E-state index contributed by atoms with van der Waals surface area (Å²) in [5.74, 6) is -2.66. The Morgan fingerprint density at radius 2 is 2.24 bits per heavy atom. The molecule has 4 rings (SSSR count). The average molecular weight is 548 g/mol. The molecule has 2 aromatic heterocycles. The van der Waals surface area contributed by atoms with Crippen LogP contribution in [0.4, 0.5) is 5.13 Å². The van der Waals surface area contributed by atoms with E-state index in [1.54, 1.807) is 5.51 Å². The molecule has 2 amide bonds. The molecule has 174 valence electrons. The molecule has 17 heteroatoms. The molecule has 2 aromatic rings. The second-order valence-corrected chi connectivity index (χ2v) is 11.8. The quantitative estimate of drug-likeness (QED) is 0.181. The third-order valence-electron chi connectivity index (χ3n) is 4.89. The van der Waals surface area contributed by atoms with E-state index in [1.165, 1.54) is 39.8 Å². The van der Waals surface area contributed by atoms with Crippen LogP contribution in [0.15, 0.2) is 25.6 Å². The Hall–Kier alpha value is -2.27. The summed E-state index contributed by atoms with van der Waals surface area (Å²) in [5.41, 5.74) is 6.98. The lowest BCUT2D eigenvalue weighted by molar-refractivity contribution is -0.156. The molecule has 2 aliphatic rings. The number of amides is 2. The molecule has 4 N–H and O–H groups in total. The number of hydrogen-bond donors (Lipinski definition) is 3. The van der Waals surface area contributed by atoms with Crippen molar-refractivity contribution in [3.63, 3.8) is 0 Å². The Labute approximate surface area is 207 Å². The van der Waals surface area contributed by atoms with Gasteiger partial charge in [-0.3, -0.25) is 14.5 Å². The second-order valence-electron chi connectivity index (χ2n) is 6.71. The highest BCUT2D eigenvalue weighted by atomic mass is 35.5. The van der Waals surface area contributed by atoms with Crippen molar-refractivity contribution in [2.45, 2.75) is 35.3 Å². The zero-order valence-corrected chi connectivity index (χ0v) is 20.4. The molecule has 3 unspecified atom stereocenters. The van der Waals surface area contributed by atoms with Crippen molar-refractivity contribution >= 4 is 80.7 Å². The molecule has 0 saturated carbocycles. The largest absolute Gasteiger partial charge is 0.477 e. The van der Waals surface area contributed by atoms with Crippen LogP contribution in [0.1, 0.15) is 24.6 Å². The van der Waals surface area contributed by atoms with Gasteiger partial charge in [0.05, 0.1) is 11.1 Å². The molecule has 0 radical (unpaired) electrons. The minimum absolute atomic E-state index is 0.0515. The van der Waals surface area contributed by atoms with Crippen molar-refractivity contribution in [2.75, 3.05) is 10.8 Å². The lowest BCUT2D eigenvalue weighted by Crippen LogP contribution is -2.71. The number of nitrogens with zero attached hydrogens (tertiary/aromatic N) is 5. The van der Waals surface area contributed by atoms with Gasteiger partial charge in [-0.15, -0.1) is 26.9 Å². The molecule has 12 nitrogen and oxygen atoms in total. The van der Waals surface area contributed by atoms with Crippen LogP contribution in [0.25, 0.3) is 0 Å². The van der Waals surface area contributed by atoms with E-state index in [4.69, 9.17) is 17.3 Å². The van der Waals surface area contributed by atoms with Gasteiger partial charge in [0, 0.05) is 4.91 Å². The summed E-state index contributed by atoms with van der Waals surface area (Å²) in [7, 11) is 0. The number of fused-ring (bicyclic) bond motifs is 1. The number of thioether (sulfide) groups is 2. The molecule has 1 saturated heterocycles. The van der Waals surface area contributed by atoms with E-state index in [-0.39, 0.29) is 20.9 Å². The normalized spacial score (nSPS) is 20.8. The number of β-lactam (4-membered cyclic amide) rings is 1. The van der Waals surface area contributed by atoms with Gasteiger partial charge in [-0.1, -0.05) is 46.0 Å². The summed E-state index contributed by atoms with van der Waals surface area (Å²) in [5, 5.41) is 23.3. The van der Waals surface area contributed by atoms with E-state index < -0.39 is 35.9 Å². The van der Waals surface area contributed by atoms with Crippen LogP contribution in [-0.4, -0.2) is 60.1 Å². The van der Waals surface area contributed by atoms with E-state index in [9.17, 15) is 24.4 Å². The van der Waals surface area contributed by atoms with Crippen LogP contribution >= 0.6 is 57.8 Å². The zero-order valence-electron chi connectivity index (χ0n) is 16.3. The average Bonchev–Trinajstić information content (AvgIpc) is 3.41. The summed E-state index contributed by atoms with van der Waals surface area (Å²) < 4.78 is 0.812. The Morgan fingerprint density at radius 3 is 2.85 bits per heavy atom. The van der Waals surface area contributed by atoms with Gasteiger partial charge in [0.2, 0.25) is 6.04 Å². The number of aromatic nitrogens is 3. The highest BCUT2D eigenvalue weighted by molar-refractivity contribution is 8.18. The molecule has 0 aromatic carbocycles. The van der Waals surface area contributed by atoms with Gasteiger partial charge in [-0.25, -0.2) is 9.78 Å². The first-order chi connectivity index (χ1) is 15.8. The monoisotopic (exact) mass is 547 g/mol. The number of nitroso groups, excluding NO2 is 1. The number of carboxylic acids is 1. The van der Waals surface area contributed by atoms with Crippen LogP contribution in [-0.2, 0) is 14.4 Å². The van der Waals surface area contributed by atoms with E-state index >= 15 is 0 Å². The molecule has 2 aliphatic heterocycles. The van der Waals surface area contributed by atoms with Gasteiger partial charge < -0.3 is 16.2 Å². The van der Waals surface area contributed by atoms with Crippen molar-refractivity contribution in [2.24, 2.45) is 5.18 Å². The van der Waals surface area contributed by atoms with Gasteiger partial charge in [0.1, 0.15) is 27.3 Å². The fraction of sp³-hybridized carbons (Fsp3) is 0.375. The fourth-order valence-electron chi connectivity index (χ4n) is 3.50. The molecule has 0 aliphatic carbocycles. The number of aliphatic carboxylic acids is 1. The van der Waals surface area contributed by atoms with Crippen molar-refractivity contribution in [1.29, 1.82) is 0 Å². The smallest absolute Gasteiger partial charge is 0.353 e. The third kappa shape index (κ3) is 4.70. The number of thiazole rings is 1. The summed E-state index contributed by atoms with van der Waals surface area (Å²) in [4.78, 5) is 54.3. The van der Waals surface area contributed by atoms with Crippen LogP contribution in [0, 0.1) is 4.91 Å². The zero-order chi connectivity index (χ0) is 23.7. The summed E-state index contributed by atoms with van der Waals surface area (Å²) >= 11 is 11.0. The van der Waals surface area contributed by atoms with Crippen molar-refractivity contribution in [3.8, 4) is 0 Å². The first-order valence-electron chi connectivity index (χ1n) is 9.17. The van der Waals surface area contributed by atoms with Crippen molar-refractivity contribution in [3.05, 3.63) is 31.1 Å². The van der Waals surface area contributed by atoms with Gasteiger partial charge >= 0.3 is 5.97 Å². The van der Waals surface area contributed by atoms with Crippen molar-refractivity contribution in [1.82, 2.24) is 25.4 Å². The Kier molecular flexibility index (Phi) is 7.18. The lowest BCUT2D eigenvalue weighted by Gasteiger charge is -2.50. The van der Waals surface area contributed by atoms with Crippen molar-refractivity contribution < 1.29 is 19.5 Å². The minimum atomic E-state index is -1.57. The molecular formula is C16H14ClN7O5S4. The highest BCUT2D eigenvalue weighted by Gasteiger charge is 2.54. The summed E-state index contributed by atoms with van der Waals surface area (Å²) in [6.45, 7) is 0. The van der Waals surface area contributed by atoms with Crippen LogP contribution < -0.4 is 11.1 Å². The lowest BCUT2D eigenvalue weighted by atomic mass is 9.86. The Bertz CT molecular complexity index is 1140. The van der Waals surface area contributed by atoms with Crippen LogP contribution in [0.3, 0.4) is 0 Å². The third-order valence-corrected chi connectivity index (χ3v) is 9.14. The number of allylic oxidation sites excluding steroid dienone is 1. The molecular weight excluding hydrogens is 534 g/mol. The van der Waals surface area contributed by atoms with Gasteiger partial charge in [-0.2, -0.15) is 0 Å². The topological polar surface area (TPSA) is 181 Å². The number of carbonyl (C=O) groups is 3. The maximum Gasteiger partial charge on any atom is 0.353 e. The second kappa shape index (κ2) is 9.92. The predicted octanol–water partition coefficient (Wildman–Crippen LogP) is 2.31. The first kappa shape index (κ1) is 23.9.